The van der Waals surface area contributed by atoms with Gasteiger partial charge in [-0.25, -0.2) is 0 Å². The zero-order valence-electron chi connectivity index (χ0n) is 20.5. The number of carbonyl (C=O) groups is 1. The number of anilines is 2. The molecule has 5 nitrogen and oxygen atoms in total. The number of benzene rings is 2. The number of fused-ring (bicyclic) bond motifs is 1. The van der Waals surface area contributed by atoms with Crippen molar-refractivity contribution < 1.29 is 9.53 Å². The molecule has 3 aliphatic heterocycles. The number of hydrogen-bond donors (Lipinski definition) is 1. The van der Waals surface area contributed by atoms with Crippen LogP contribution in [-0.2, 0) is 11.3 Å². The van der Waals surface area contributed by atoms with Crippen LogP contribution in [0.25, 0.3) is 0 Å². The van der Waals surface area contributed by atoms with E-state index in [1.807, 2.05) is 36.4 Å². The molecule has 6 rings (SSSR count). The topological polar surface area (TPSA) is 44.8 Å². The second-order valence-electron chi connectivity index (χ2n) is 10.7. The number of carbonyl (C=O) groups excluding carboxylic acids is 1. The van der Waals surface area contributed by atoms with Crippen LogP contribution in [0.5, 0.6) is 0 Å². The molecular formula is C29H37N3O2S. The fourth-order valence-electron chi connectivity index (χ4n) is 6.11. The van der Waals surface area contributed by atoms with Gasteiger partial charge in [0.25, 0.3) is 5.91 Å². The summed E-state index contributed by atoms with van der Waals surface area (Å²) in [7, 11) is 0. The van der Waals surface area contributed by atoms with Gasteiger partial charge >= 0.3 is 0 Å². The van der Waals surface area contributed by atoms with Crippen LogP contribution in [0, 0.1) is 5.92 Å². The fraction of sp³-hybridized carbons (Fsp3) is 0.552. The Hall–Kier alpha value is -2.02. The second kappa shape index (κ2) is 10.5. The molecule has 186 valence electrons. The smallest absolute Gasteiger partial charge is 0.255 e. The summed E-state index contributed by atoms with van der Waals surface area (Å²) in [5, 5.41) is 3.06. The SMILES string of the molecule is O=C(Nc1ccc(N2CC[C@@H]3CN(C4CCSCC4)C[C@@H]32)cc1)c1ccc(COC2CCC2)cc1. The van der Waals surface area contributed by atoms with Crippen LogP contribution >= 0.6 is 11.8 Å². The van der Waals surface area contributed by atoms with E-state index in [2.05, 4.69) is 39.0 Å². The molecule has 0 radical (unpaired) electrons. The van der Waals surface area contributed by atoms with Crippen LogP contribution in [-0.4, -0.2) is 60.1 Å². The third-order valence-corrected chi connectivity index (χ3v) is 9.54. The normalized spacial score (nSPS) is 25.4. The summed E-state index contributed by atoms with van der Waals surface area (Å²) in [6, 6.07) is 17.7. The van der Waals surface area contributed by atoms with Crippen LogP contribution in [0.2, 0.25) is 0 Å². The van der Waals surface area contributed by atoms with E-state index in [4.69, 9.17) is 4.74 Å². The molecule has 35 heavy (non-hydrogen) atoms. The highest BCUT2D eigenvalue weighted by Crippen LogP contribution is 2.37. The molecule has 1 saturated carbocycles. The van der Waals surface area contributed by atoms with Gasteiger partial charge in [-0.2, -0.15) is 11.8 Å². The van der Waals surface area contributed by atoms with Crippen molar-refractivity contribution in [3.05, 3.63) is 59.7 Å². The summed E-state index contributed by atoms with van der Waals surface area (Å²) in [4.78, 5) is 18.2. The van der Waals surface area contributed by atoms with Gasteiger partial charge in [0.1, 0.15) is 0 Å². The number of ether oxygens (including phenoxy) is 1. The molecule has 0 bridgehead atoms. The minimum Gasteiger partial charge on any atom is -0.374 e. The lowest BCUT2D eigenvalue weighted by Crippen LogP contribution is -2.40. The lowest BCUT2D eigenvalue weighted by atomic mass is 9.96. The molecule has 1 N–H and O–H groups in total. The predicted octanol–water partition coefficient (Wildman–Crippen LogP) is 5.41. The molecule has 2 atom stereocenters. The van der Waals surface area contributed by atoms with Crippen molar-refractivity contribution in [2.45, 2.75) is 63.3 Å². The summed E-state index contributed by atoms with van der Waals surface area (Å²) >= 11 is 2.11. The highest BCUT2D eigenvalue weighted by Gasteiger charge is 2.43. The largest absolute Gasteiger partial charge is 0.374 e. The average molecular weight is 492 g/mol. The maximum Gasteiger partial charge on any atom is 0.255 e. The average Bonchev–Trinajstić information content (AvgIpc) is 3.46. The molecule has 0 aromatic heterocycles. The number of thioether (sulfide) groups is 1. The minimum absolute atomic E-state index is 0.0671. The number of nitrogens with one attached hydrogen (secondary N) is 1. The lowest BCUT2D eigenvalue weighted by Gasteiger charge is -2.33. The van der Waals surface area contributed by atoms with Crippen LogP contribution < -0.4 is 10.2 Å². The van der Waals surface area contributed by atoms with Crippen molar-refractivity contribution in [2.24, 2.45) is 5.92 Å². The minimum atomic E-state index is -0.0671. The Balaban J connectivity index is 1.03. The summed E-state index contributed by atoms with van der Waals surface area (Å²) < 4.78 is 5.87. The van der Waals surface area contributed by atoms with Gasteiger partial charge < -0.3 is 15.0 Å². The zero-order chi connectivity index (χ0) is 23.6. The van der Waals surface area contributed by atoms with Crippen LogP contribution in [0.1, 0.15) is 54.4 Å². The number of rotatable bonds is 7. The Morgan fingerprint density at radius 2 is 1.71 bits per heavy atom. The summed E-state index contributed by atoms with van der Waals surface area (Å²) in [6.07, 6.45) is 8.07. The van der Waals surface area contributed by atoms with Crippen LogP contribution in [0.15, 0.2) is 48.5 Å². The number of hydrogen-bond acceptors (Lipinski definition) is 5. The third-order valence-electron chi connectivity index (χ3n) is 8.49. The molecule has 6 heteroatoms. The molecule has 3 saturated heterocycles. The Kier molecular flexibility index (Phi) is 7.04. The first-order valence-corrected chi connectivity index (χ1v) is 14.6. The molecule has 2 aromatic rings. The Morgan fingerprint density at radius 3 is 2.43 bits per heavy atom. The highest BCUT2D eigenvalue weighted by atomic mass is 32.2. The van der Waals surface area contributed by atoms with Gasteiger partial charge in [-0.05, 0) is 97.9 Å². The van der Waals surface area contributed by atoms with E-state index in [1.165, 1.54) is 68.8 Å². The van der Waals surface area contributed by atoms with Gasteiger partial charge in [-0.15, -0.1) is 0 Å². The molecule has 1 amide bonds. The highest BCUT2D eigenvalue weighted by molar-refractivity contribution is 7.99. The molecular weight excluding hydrogens is 454 g/mol. The maximum absolute atomic E-state index is 12.8. The first kappa shape index (κ1) is 23.4. The summed E-state index contributed by atoms with van der Waals surface area (Å²) in [5.74, 6) is 3.38. The molecule has 0 unspecified atom stereocenters. The Labute approximate surface area is 213 Å². The van der Waals surface area contributed by atoms with Crippen molar-refractivity contribution >= 4 is 29.0 Å². The number of amides is 1. The van der Waals surface area contributed by atoms with E-state index in [0.29, 0.717) is 24.3 Å². The molecule has 0 spiro atoms. The lowest BCUT2D eigenvalue weighted by molar-refractivity contribution is -0.00866. The van der Waals surface area contributed by atoms with Crippen LogP contribution in [0.4, 0.5) is 11.4 Å². The zero-order valence-corrected chi connectivity index (χ0v) is 21.3. The summed E-state index contributed by atoms with van der Waals surface area (Å²) in [5.41, 5.74) is 3.93. The van der Waals surface area contributed by atoms with E-state index < -0.39 is 0 Å². The molecule has 1 aliphatic carbocycles. The maximum atomic E-state index is 12.8. The monoisotopic (exact) mass is 491 g/mol. The summed E-state index contributed by atoms with van der Waals surface area (Å²) in [6.45, 7) is 4.26. The molecule has 4 aliphatic rings. The first-order chi connectivity index (χ1) is 17.2. The van der Waals surface area contributed by atoms with Crippen molar-refractivity contribution in [2.75, 3.05) is 41.4 Å². The first-order valence-electron chi connectivity index (χ1n) is 13.4. The van der Waals surface area contributed by atoms with Gasteiger partial charge in [-0.3, -0.25) is 9.69 Å². The van der Waals surface area contributed by atoms with Crippen molar-refractivity contribution in [1.29, 1.82) is 0 Å². The molecule has 3 heterocycles. The second-order valence-corrected chi connectivity index (χ2v) is 11.9. The van der Waals surface area contributed by atoms with Gasteiger partial charge in [0, 0.05) is 48.7 Å². The Morgan fingerprint density at radius 1 is 0.943 bits per heavy atom. The van der Waals surface area contributed by atoms with Gasteiger partial charge in [0.15, 0.2) is 0 Å². The fourth-order valence-corrected chi connectivity index (χ4v) is 7.19. The Bertz CT molecular complexity index is 1000. The van der Waals surface area contributed by atoms with Crippen molar-refractivity contribution in [3.8, 4) is 0 Å². The van der Waals surface area contributed by atoms with Gasteiger partial charge in [0.05, 0.1) is 12.7 Å². The van der Waals surface area contributed by atoms with Crippen molar-refractivity contribution in [3.63, 3.8) is 0 Å². The van der Waals surface area contributed by atoms with Crippen LogP contribution in [0.3, 0.4) is 0 Å². The van der Waals surface area contributed by atoms with E-state index in [1.54, 1.807) is 0 Å². The van der Waals surface area contributed by atoms with Gasteiger partial charge in [-0.1, -0.05) is 12.1 Å². The van der Waals surface area contributed by atoms with E-state index >= 15 is 0 Å². The number of nitrogens with zero attached hydrogens (tertiary/aromatic N) is 2. The quantitative estimate of drug-likeness (QED) is 0.561. The predicted molar refractivity (Wildman–Crippen MR) is 144 cm³/mol. The third kappa shape index (κ3) is 5.25. The van der Waals surface area contributed by atoms with E-state index in [-0.39, 0.29) is 5.91 Å². The standard InChI is InChI=1S/C29H37N3O2S/c33-29(22-6-4-21(5-7-22)20-34-27-2-1-3-27)30-24-8-10-26(11-9-24)32-15-12-23-18-31(19-28(23)32)25-13-16-35-17-14-25/h4-11,23,25,27-28H,1-3,12-20H2,(H,30,33)/t23-,28+/m1/s1. The molecule has 2 aromatic carbocycles. The van der Waals surface area contributed by atoms with Crippen molar-refractivity contribution in [1.82, 2.24) is 4.90 Å². The van der Waals surface area contributed by atoms with E-state index in [0.717, 1.165) is 29.8 Å². The number of likely N-dealkylation sites (tertiary alicyclic amines) is 1. The van der Waals surface area contributed by atoms with Gasteiger partial charge in [0.2, 0.25) is 0 Å². The van der Waals surface area contributed by atoms with E-state index in [9.17, 15) is 4.79 Å². The molecule has 4 fully saturated rings.